The summed E-state index contributed by atoms with van der Waals surface area (Å²) in [5.74, 6) is 0.00246. The van der Waals surface area contributed by atoms with E-state index >= 15 is 0 Å². The van der Waals surface area contributed by atoms with Crippen LogP contribution < -0.4 is 0 Å². The third-order valence-electron chi connectivity index (χ3n) is 2.59. The highest BCUT2D eigenvalue weighted by Crippen LogP contribution is 2.33. The minimum atomic E-state index is -0.958. The SMILES string of the molecule is O=C(O)N1CCc2ccc(O)c(Cl)c2C1. The molecule has 5 heteroatoms. The van der Waals surface area contributed by atoms with Gasteiger partial charge in [0.15, 0.2) is 0 Å². The molecule has 4 nitrogen and oxygen atoms in total. The van der Waals surface area contributed by atoms with E-state index in [-0.39, 0.29) is 17.3 Å². The molecule has 2 rings (SSSR count). The molecule has 0 radical (unpaired) electrons. The molecule has 1 aliphatic rings. The summed E-state index contributed by atoms with van der Waals surface area (Å²) in [4.78, 5) is 12.1. The molecule has 80 valence electrons. The number of carbonyl (C=O) groups is 1. The average Bonchev–Trinajstić information content (AvgIpc) is 2.23. The number of aromatic hydroxyl groups is 1. The summed E-state index contributed by atoms with van der Waals surface area (Å²) in [6.07, 6.45) is -0.318. The molecule has 0 spiro atoms. The molecular formula is C10H10ClNO3. The second-order valence-corrected chi connectivity index (χ2v) is 3.87. The van der Waals surface area contributed by atoms with Crippen LogP contribution in [0.4, 0.5) is 4.79 Å². The molecule has 1 aromatic rings. The summed E-state index contributed by atoms with van der Waals surface area (Å²) >= 11 is 5.91. The topological polar surface area (TPSA) is 60.8 Å². The van der Waals surface area contributed by atoms with E-state index in [0.29, 0.717) is 18.5 Å². The van der Waals surface area contributed by atoms with Crippen LogP contribution in [0.3, 0.4) is 0 Å². The Morgan fingerprint density at radius 1 is 1.47 bits per heavy atom. The molecule has 15 heavy (non-hydrogen) atoms. The first kappa shape index (κ1) is 10.1. The summed E-state index contributed by atoms with van der Waals surface area (Å²) in [7, 11) is 0. The molecule has 1 heterocycles. The van der Waals surface area contributed by atoms with E-state index in [1.54, 1.807) is 6.07 Å². The number of phenols is 1. The standard InChI is InChI=1S/C10H10ClNO3/c11-9-7-5-12(10(14)15)4-3-6(7)1-2-8(9)13/h1-2,13H,3-5H2,(H,14,15). The molecule has 0 unspecified atom stereocenters. The molecular weight excluding hydrogens is 218 g/mol. The van der Waals surface area contributed by atoms with Crippen LogP contribution in [-0.4, -0.2) is 27.8 Å². The number of amides is 1. The fourth-order valence-electron chi connectivity index (χ4n) is 1.74. The van der Waals surface area contributed by atoms with Crippen LogP contribution in [0, 0.1) is 0 Å². The van der Waals surface area contributed by atoms with Crippen molar-refractivity contribution in [1.29, 1.82) is 0 Å². The quantitative estimate of drug-likeness (QED) is 0.713. The van der Waals surface area contributed by atoms with Crippen LogP contribution in [0.5, 0.6) is 5.75 Å². The lowest BCUT2D eigenvalue weighted by atomic mass is 9.99. The van der Waals surface area contributed by atoms with Gasteiger partial charge in [0.1, 0.15) is 5.75 Å². The highest BCUT2D eigenvalue weighted by molar-refractivity contribution is 6.32. The smallest absolute Gasteiger partial charge is 0.407 e. The van der Waals surface area contributed by atoms with Gasteiger partial charge in [0.25, 0.3) is 0 Å². The number of nitrogens with zero attached hydrogens (tertiary/aromatic N) is 1. The van der Waals surface area contributed by atoms with E-state index in [1.165, 1.54) is 11.0 Å². The fourth-order valence-corrected chi connectivity index (χ4v) is 1.99. The van der Waals surface area contributed by atoms with Crippen LogP contribution >= 0.6 is 11.6 Å². The van der Waals surface area contributed by atoms with Crippen molar-refractivity contribution in [2.45, 2.75) is 13.0 Å². The number of rotatable bonds is 0. The lowest BCUT2D eigenvalue weighted by Crippen LogP contribution is -2.34. The van der Waals surface area contributed by atoms with Gasteiger partial charge in [0.2, 0.25) is 0 Å². The maximum absolute atomic E-state index is 10.8. The Labute approximate surface area is 91.7 Å². The van der Waals surface area contributed by atoms with Crippen molar-refractivity contribution in [1.82, 2.24) is 4.90 Å². The molecule has 0 saturated carbocycles. The molecule has 1 amide bonds. The predicted molar refractivity (Wildman–Crippen MR) is 55.3 cm³/mol. The van der Waals surface area contributed by atoms with Crippen LogP contribution in [0.1, 0.15) is 11.1 Å². The van der Waals surface area contributed by atoms with E-state index < -0.39 is 6.09 Å². The van der Waals surface area contributed by atoms with Gasteiger partial charge < -0.3 is 15.1 Å². The zero-order valence-corrected chi connectivity index (χ0v) is 8.66. The minimum Gasteiger partial charge on any atom is -0.506 e. The number of fused-ring (bicyclic) bond motifs is 1. The average molecular weight is 228 g/mol. The second-order valence-electron chi connectivity index (χ2n) is 3.49. The lowest BCUT2D eigenvalue weighted by molar-refractivity contribution is 0.140. The lowest BCUT2D eigenvalue weighted by Gasteiger charge is -2.27. The molecule has 1 aliphatic heterocycles. The van der Waals surface area contributed by atoms with Gasteiger partial charge in [-0.15, -0.1) is 0 Å². The first-order valence-electron chi connectivity index (χ1n) is 4.56. The maximum Gasteiger partial charge on any atom is 0.407 e. The molecule has 0 bridgehead atoms. The number of halogens is 1. The van der Waals surface area contributed by atoms with Crippen molar-refractivity contribution in [3.8, 4) is 5.75 Å². The Morgan fingerprint density at radius 2 is 2.20 bits per heavy atom. The van der Waals surface area contributed by atoms with Crippen molar-refractivity contribution in [2.75, 3.05) is 6.54 Å². The van der Waals surface area contributed by atoms with Gasteiger partial charge in [-0.3, -0.25) is 0 Å². The summed E-state index contributed by atoms with van der Waals surface area (Å²) < 4.78 is 0. The van der Waals surface area contributed by atoms with Gasteiger partial charge >= 0.3 is 6.09 Å². The van der Waals surface area contributed by atoms with E-state index in [0.717, 1.165) is 5.56 Å². The van der Waals surface area contributed by atoms with Crippen molar-refractivity contribution >= 4 is 17.7 Å². The van der Waals surface area contributed by atoms with Crippen molar-refractivity contribution in [2.24, 2.45) is 0 Å². The van der Waals surface area contributed by atoms with Gasteiger partial charge in [0, 0.05) is 6.54 Å². The van der Waals surface area contributed by atoms with E-state index in [4.69, 9.17) is 16.7 Å². The molecule has 2 N–H and O–H groups in total. The summed E-state index contributed by atoms with van der Waals surface area (Å²) in [5, 5.41) is 18.5. The van der Waals surface area contributed by atoms with Crippen LogP contribution in [-0.2, 0) is 13.0 Å². The Balaban J connectivity index is 2.39. The monoisotopic (exact) mass is 227 g/mol. The highest BCUT2D eigenvalue weighted by Gasteiger charge is 2.22. The normalized spacial score (nSPS) is 14.9. The predicted octanol–water partition coefficient (Wildman–Crippen LogP) is 2.08. The molecule has 0 aliphatic carbocycles. The Hall–Kier alpha value is -1.42. The number of hydrogen-bond donors (Lipinski definition) is 2. The number of carboxylic acid groups (broad SMARTS) is 1. The summed E-state index contributed by atoms with van der Waals surface area (Å²) in [6.45, 7) is 0.724. The van der Waals surface area contributed by atoms with E-state index in [1.807, 2.05) is 0 Å². The van der Waals surface area contributed by atoms with Crippen LogP contribution in [0.25, 0.3) is 0 Å². The Morgan fingerprint density at radius 3 is 2.87 bits per heavy atom. The maximum atomic E-state index is 10.8. The number of hydrogen-bond acceptors (Lipinski definition) is 2. The van der Waals surface area contributed by atoms with Crippen molar-refractivity contribution in [3.05, 3.63) is 28.3 Å². The summed E-state index contributed by atoms with van der Waals surface area (Å²) in [6, 6.07) is 3.33. The third-order valence-corrected chi connectivity index (χ3v) is 3.01. The first-order chi connectivity index (χ1) is 7.09. The van der Waals surface area contributed by atoms with E-state index in [2.05, 4.69) is 0 Å². The largest absolute Gasteiger partial charge is 0.506 e. The zero-order chi connectivity index (χ0) is 11.0. The molecule has 0 atom stereocenters. The Kier molecular flexibility index (Phi) is 2.44. The highest BCUT2D eigenvalue weighted by atomic mass is 35.5. The Bertz CT molecular complexity index is 419. The number of phenolic OH excluding ortho intramolecular Hbond substituents is 1. The zero-order valence-electron chi connectivity index (χ0n) is 7.90. The van der Waals surface area contributed by atoms with Crippen LogP contribution in [0.2, 0.25) is 5.02 Å². The van der Waals surface area contributed by atoms with Gasteiger partial charge in [0.05, 0.1) is 11.6 Å². The second kappa shape index (κ2) is 3.62. The van der Waals surface area contributed by atoms with Gasteiger partial charge in [-0.05, 0) is 23.6 Å². The fraction of sp³-hybridized carbons (Fsp3) is 0.300. The summed E-state index contributed by atoms with van der Waals surface area (Å²) in [5.41, 5.74) is 1.72. The molecule has 0 saturated heterocycles. The van der Waals surface area contributed by atoms with Crippen LogP contribution in [0.15, 0.2) is 12.1 Å². The van der Waals surface area contributed by atoms with Crippen molar-refractivity contribution < 1.29 is 15.0 Å². The van der Waals surface area contributed by atoms with Gasteiger partial charge in [-0.1, -0.05) is 17.7 Å². The molecule has 0 aromatic heterocycles. The van der Waals surface area contributed by atoms with E-state index in [9.17, 15) is 9.90 Å². The minimum absolute atomic E-state index is 0.00246. The van der Waals surface area contributed by atoms with Crippen molar-refractivity contribution in [3.63, 3.8) is 0 Å². The number of benzene rings is 1. The van der Waals surface area contributed by atoms with Gasteiger partial charge in [-0.2, -0.15) is 0 Å². The third kappa shape index (κ3) is 1.72. The first-order valence-corrected chi connectivity index (χ1v) is 4.94. The molecule has 0 fully saturated rings. The van der Waals surface area contributed by atoms with Gasteiger partial charge in [-0.25, -0.2) is 4.79 Å². The molecule has 1 aromatic carbocycles.